The van der Waals surface area contributed by atoms with Gasteiger partial charge in [0.1, 0.15) is 12.3 Å². The van der Waals surface area contributed by atoms with Gasteiger partial charge in [-0.15, -0.1) is 13.2 Å². The van der Waals surface area contributed by atoms with E-state index < -0.39 is 34.6 Å². The molecule has 6 nitrogen and oxygen atoms in total. The van der Waals surface area contributed by atoms with Gasteiger partial charge in [-0.2, -0.15) is 0 Å². The predicted molar refractivity (Wildman–Crippen MR) is 102 cm³/mol. The molecule has 11 heteroatoms. The van der Waals surface area contributed by atoms with Gasteiger partial charge in [0, 0.05) is 5.56 Å². The van der Waals surface area contributed by atoms with Crippen LogP contribution in [0.25, 0.3) is 11.1 Å². The third-order valence-electron chi connectivity index (χ3n) is 3.60. The molecule has 0 N–H and O–H groups in total. The lowest BCUT2D eigenvalue weighted by atomic mass is 10.0. The summed E-state index contributed by atoms with van der Waals surface area (Å²) in [6.07, 6.45) is -3.92. The number of anilines is 1. The third-order valence-corrected chi connectivity index (χ3v) is 5.05. The van der Waals surface area contributed by atoms with Crippen molar-refractivity contribution in [1.29, 1.82) is 0 Å². The maximum Gasteiger partial charge on any atom is 0.573 e. The highest BCUT2D eigenvalue weighted by Crippen LogP contribution is 2.34. The molecule has 0 saturated heterocycles. The Labute approximate surface area is 170 Å². The van der Waals surface area contributed by atoms with E-state index in [1.807, 2.05) is 0 Å². The summed E-state index contributed by atoms with van der Waals surface area (Å²) in [4.78, 5) is 11.7. The molecule has 0 unspecified atom stereocenters. The van der Waals surface area contributed by atoms with Crippen molar-refractivity contribution in [2.24, 2.45) is 0 Å². The number of benzene rings is 2. The van der Waals surface area contributed by atoms with Crippen molar-refractivity contribution < 1.29 is 35.9 Å². The van der Waals surface area contributed by atoms with Gasteiger partial charge >= 0.3 is 12.3 Å². The lowest BCUT2D eigenvalue weighted by Gasteiger charge is -2.22. The summed E-state index contributed by atoms with van der Waals surface area (Å²) in [5, 5.41) is 0.0733. The summed E-state index contributed by atoms with van der Waals surface area (Å²) in [6, 6.07) is 9.31. The molecule has 0 atom stereocenters. The Morgan fingerprint density at radius 1 is 1.17 bits per heavy atom. The number of hydrogen-bond acceptors (Lipinski definition) is 5. The van der Waals surface area contributed by atoms with Crippen LogP contribution in [-0.4, -0.2) is 40.2 Å². The quantitative estimate of drug-likeness (QED) is 0.589. The van der Waals surface area contributed by atoms with Crippen LogP contribution in [0.4, 0.5) is 18.9 Å². The Kier molecular flexibility index (Phi) is 7.02. The van der Waals surface area contributed by atoms with Crippen molar-refractivity contribution in [2.75, 3.05) is 23.7 Å². The minimum atomic E-state index is -4.84. The smallest absolute Gasteiger partial charge is 0.465 e. The molecular formula is C18H17ClF3NO5S. The first-order chi connectivity index (χ1) is 13.4. The molecule has 0 radical (unpaired) electrons. The first-order valence-electron chi connectivity index (χ1n) is 8.20. The molecule has 2 aromatic rings. The number of sulfonamides is 1. The molecule has 0 aliphatic carbocycles. The molecule has 0 fully saturated rings. The third kappa shape index (κ3) is 6.53. The average Bonchev–Trinajstić information content (AvgIpc) is 2.57. The maximum atomic E-state index is 12.4. The van der Waals surface area contributed by atoms with Crippen LogP contribution in [0.2, 0.25) is 5.02 Å². The zero-order valence-corrected chi connectivity index (χ0v) is 16.9. The summed E-state index contributed by atoms with van der Waals surface area (Å²) in [5.41, 5.74) is 0.796. The fraction of sp³-hybridized carbons (Fsp3) is 0.278. The minimum absolute atomic E-state index is 0.0733. The number of carbonyl (C=O) groups excluding carboxylic acids is 1. The first-order valence-corrected chi connectivity index (χ1v) is 10.4. The Hall–Kier alpha value is -2.46. The molecule has 0 bridgehead atoms. The number of nitrogens with zero attached hydrogens (tertiary/aromatic N) is 1. The van der Waals surface area contributed by atoms with Crippen molar-refractivity contribution in [1.82, 2.24) is 0 Å². The standard InChI is InChI=1S/C18H17ClF3NO5S/c1-3-27-17(24)11-23(29(2,25)26)13-7-8-15(16(19)10-13)12-5-4-6-14(9-12)28-18(20,21)22/h4-10H,3,11H2,1-2H3. The van der Waals surface area contributed by atoms with E-state index in [1.54, 1.807) is 6.92 Å². The van der Waals surface area contributed by atoms with Gasteiger partial charge in [0.2, 0.25) is 10.0 Å². The highest BCUT2D eigenvalue weighted by molar-refractivity contribution is 7.92. The Balaban J connectivity index is 2.38. The van der Waals surface area contributed by atoms with Crippen LogP contribution in [0.5, 0.6) is 5.75 Å². The van der Waals surface area contributed by atoms with Crippen LogP contribution >= 0.6 is 11.6 Å². The molecule has 0 spiro atoms. The molecular weight excluding hydrogens is 435 g/mol. The normalized spacial score (nSPS) is 11.8. The van der Waals surface area contributed by atoms with Gasteiger partial charge in [0.05, 0.1) is 23.6 Å². The second kappa shape index (κ2) is 8.91. The largest absolute Gasteiger partial charge is 0.573 e. The lowest BCUT2D eigenvalue weighted by Crippen LogP contribution is -2.35. The molecule has 0 aliphatic rings. The molecule has 0 amide bonds. The number of carbonyl (C=O) groups is 1. The van der Waals surface area contributed by atoms with E-state index in [2.05, 4.69) is 4.74 Å². The number of rotatable bonds is 7. The summed E-state index contributed by atoms with van der Waals surface area (Å²) >= 11 is 6.24. The van der Waals surface area contributed by atoms with Crippen LogP contribution in [0, 0.1) is 0 Å². The second-order valence-corrected chi connectivity index (χ2v) is 8.13. The van der Waals surface area contributed by atoms with Crippen LogP contribution in [0.1, 0.15) is 6.92 Å². The van der Waals surface area contributed by atoms with E-state index in [0.29, 0.717) is 11.1 Å². The Bertz CT molecular complexity index is 995. The van der Waals surface area contributed by atoms with E-state index in [-0.39, 0.29) is 17.3 Å². The number of ether oxygens (including phenoxy) is 2. The van der Waals surface area contributed by atoms with Crippen LogP contribution in [0.3, 0.4) is 0 Å². The van der Waals surface area contributed by atoms with Gasteiger partial charge in [-0.1, -0.05) is 29.8 Å². The van der Waals surface area contributed by atoms with Gasteiger partial charge < -0.3 is 9.47 Å². The van der Waals surface area contributed by atoms with Gasteiger partial charge in [0.25, 0.3) is 0 Å². The highest BCUT2D eigenvalue weighted by atomic mass is 35.5. The van der Waals surface area contributed by atoms with E-state index in [9.17, 15) is 26.4 Å². The SMILES string of the molecule is CCOC(=O)CN(c1ccc(-c2cccc(OC(F)(F)F)c2)c(Cl)c1)S(C)(=O)=O. The topological polar surface area (TPSA) is 72.9 Å². The average molecular weight is 452 g/mol. The monoisotopic (exact) mass is 451 g/mol. The van der Waals surface area contributed by atoms with Crippen LogP contribution in [0.15, 0.2) is 42.5 Å². The number of halogens is 4. The number of alkyl halides is 3. The van der Waals surface area contributed by atoms with E-state index in [1.165, 1.54) is 30.3 Å². The fourth-order valence-corrected chi connectivity index (χ4v) is 3.60. The molecule has 2 aromatic carbocycles. The molecule has 0 saturated carbocycles. The molecule has 0 heterocycles. The van der Waals surface area contributed by atoms with Crippen LogP contribution < -0.4 is 9.04 Å². The predicted octanol–water partition coefficient (Wildman–Crippen LogP) is 4.23. The van der Waals surface area contributed by atoms with Gasteiger partial charge in [-0.3, -0.25) is 9.10 Å². The van der Waals surface area contributed by atoms with Crippen molar-refractivity contribution in [2.45, 2.75) is 13.3 Å². The van der Waals surface area contributed by atoms with Crippen molar-refractivity contribution in [3.8, 4) is 16.9 Å². The maximum absolute atomic E-state index is 12.4. The molecule has 0 aliphatic heterocycles. The summed E-state index contributed by atoms with van der Waals surface area (Å²) in [5.74, 6) is -1.16. The van der Waals surface area contributed by atoms with Crippen molar-refractivity contribution in [3.63, 3.8) is 0 Å². The second-order valence-electron chi connectivity index (χ2n) is 5.81. The van der Waals surface area contributed by atoms with Gasteiger partial charge in [-0.25, -0.2) is 8.42 Å². The Morgan fingerprint density at radius 3 is 2.41 bits per heavy atom. The number of esters is 1. The molecule has 158 valence electrons. The lowest BCUT2D eigenvalue weighted by molar-refractivity contribution is -0.274. The molecule has 0 aromatic heterocycles. The fourth-order valence-electron chi connectivity index (χ4n) is 2.48. The Morgan fingerprint density at radius 2 is 1.86 bits per heavy atom. The van der Waals surface area contributed by atoms with E-state index in [0.717, 1.165) is 22.7 Å². The summed E-state index contributed by atoms with van der Waals surface area (Å²) in [6.45, 7) is 1.13. The van der Waals surface area contributed by atoms with Crippen molar-refractivity contribution in [3.05, 3.63) is 47.5 Å². The van der Waals surface area contributed by atoms with Crippen LogP contribution in [-0.2, 0) is 19.6 Å². The zero-order chi connectivity index (χ0) is 21.8. The zero-order valence-electron chi connectivity index (χ0n) is 15.4. The molecule has 29 heavy (non-hydrogen) atoms. The number of hydrogen-bond donors (Lipinski definition) is 0. The minimum Gasteiger partial charge on any atom is -0.465 e. The first kappa shape index (κ1) is 22.8. The summed E-state index contributed by atoms with van der Waals surface area (Å²) < 4.78 is 70.9. The van der Waals surface area contributed by atoms with Crippen molar-refractivity contribution >= 4 is 33.3 Å². The van der Waals surface area contributed by atoms with Gasteiger partial charge in [0.15, 0.2) is 0 Å². The highest BCUT2D eigenvalue weighted by Gasteiger charge is 2.31. The van der Waals surface area contributed by atoms with E-state index in [4.69, 9.17) is 16.3 Å². The van der Waals surface area contributed by atoms with Gasteiger partial charge in [-0.05, 0) is 36.8 Å². The van der Waals surface area contributed by atoms with E-state index >= 15 is 0 Å². The molecule has 2 rings (SSSR count). The summed E-state index contributed by atoms with van der Waals surface area (Å²) in [7, 11) is -3.82.